The van der Waals surface area contributed by atoms with Crippen LogP contribution in [0.3, 0.4) is 0 Å². The van der Waals surface area contributed by atoms with Gasteiger partial charge in [0.15, 0.2) is 0 Å². The maximum absolute atomic E-state index is 7.00. The summed E-state index contributed by atoms with van der Waals surface area (Å²) in [6.07, 6.45) is 0. The predicted molar refractivity (Wildman–Crippen MR) is 14.0 cm³/mol. The van der Waals surface area contributed by atoms with Crippen LogP contribution in [0, 0.1) is 0 Å². The molecule has 0 aliphatic carbocycles. The molecule has 0 saturated heterocycles. The molecule has 0 spiro atoms. The summed E-state index contributed by atoms with van der Waals surface area (Å²) in [5.74, 6) is 0. The summed E-state index contributed by atoms with van der Waals surface area (Å²) < 4.78 is 0. The number of aliphatic hydroxyl groups excluding tert-OH is 1. The summed E-state index contributed by atoms with van der Waals surface area (Å²) in [6, 6.07) is 0. The zero-order valence-corrected chi connectivity index (χ0v) is 9.07. The fraction of sp³-hybridized carbons (Fsp3) is 1.00. The van der Waals surface area contributed by atoms with Crippen LogP contribution in [-0.4, -0.2) is 17.7 Å². The van der Waals surface area contributed by atoms with Gasteiger partial charge in [0.05, 0.1) is 0 Å². The van der Waals surface area contributed by atoms with Gasteiger partial charge in [-0.05, 0) is 0 Å². The van der Waals surface area contributed by atoms with Crippen molar-refractivity contribution < 1.29 is 94.4 Å². The van der Waals surface area contributed by atoms with Crippen LogP contribution in [0.1, 0.15) is 2.85 Å². The second-order valence-electron chi connectivity index (χ2n) is 0. The van der Waals surface area contributed by atoms with Crippen molar-refractivity contribution in [2.45, 2.75) is 0 Å². The monoisotopic (exact) mass is 114 g/mol. The molecule has 0 fully saturated rings. The van der Waals surface area contributed by atoms with E-state index in [1.807, 2.05) is 0 Å². The van der Waals surface area contributed by atoms with Crippen LogP contribution in [0.5, 0.6) is 0 Å². The van der Waals surface area contributed by atoms with Crippen LogP contribution in [0.4, 0.5) is 0 Å². The Morgan fingerprint density at radius 1 is 1.40 bits per heavy atom. The Hall–Kier alpha value is 2.56. The standard InChI is InChI=1S/CH4O.K.Na.H2O.2H/c1-2;;;;;/h2H,1H3;;;1H2;;/q;2*+1;;2*-1. The molecule has 0 saturated carbocycles. The van der Waals surface area contributed by atoms with Crippen molar-refractivity contribution in [1.82, 2.24) is 0 Å². The van der Waals surface area contributed by atoms with E-state index in [0.717, 1.165) is 7.11 Å². The minimum atomic E-state index is 0. The summed E-state index contributed by atoms with van der Waals surface area (Å²) in [7, 11) is 1.00. The van der Waals surface area contributed by atoms with Crippen molar-refractivity contribution in [2.24, 2.45) is 0 Å². The second kappa shape index (κ2) is 31.0. The first-order valence-corrected chi connectivity index (χ1v) is 0.447. The van der Waals surface area contributed by atoms with E-state index in [0.29, 0.717) is 0 Å². The van der Waals surface area contributed by atoms with Crippen molar-refractivity contribution in [2.75, 3.05) is 7.11 Å². The molecular weight excluding hydrogens is 106 g/mol. The van der Waals surface area contributed by atoms with Crippen molar-refractivity contribution >= 4 is 0 Å². The summed E-state index contributed by atoms with van der Waals surface area (Å²) in [5, 5.41) is 7.00. The Balaban J connectivity index is -0.000000000500. The zero-order valence-electron chi connectivity index (χ0n) is 5.95. The van der Waals surface area contributed by atoms with E-state index < -0.39 is 0 Å². The summed E-state index contributed by atoms with van der Waals surface area (Å²) in [6.45, 7) is 0. The number of rotatable bonds is 0. The third kappa shape index (κ3) is 20.8. The van der Waals surface area contributed by atoms with Gasteiger partial charge in [-0.3, -0.25) is 0 Å². The van der Waals surface area contributed by atoms with Gasteiger partial charge in [-0.1, -0.05) is 0 Å². The van der Waals surface area contributed by atoms with E-state index in [4.69, 9.17) is 5.11 Å². The van der Waals surface area contributed by atoms with Crippen LogP contribution in [0.25, 0.3) is 0 Å². The smallest absolute Gasteiger partial charge is 1.00 e. The van der Waals surface area contributed by atoms with E-state index in [1.54, 1.807) is 0 Å². The minimum absolute atomic E-state index is 0. The quantitative estimate of drug-likeness (QED) is 0.313. The largest absolute Gasteiger partial charge is 1.00 e. The maximum Gasteiger partial charge on any atom is 1.00 e. The number of hydrogen-bond donors (Lipinski definition) is 1. The Morgan fingerprint density at radius 3 is 1.40 bits per heavy atom. The molecule has 0 amide bonds. The van der Waals surface area contributed by atoms with Gasteiger partial charge in [0.1, 0.15) is 0 Å². The Labute approximate surface area is 99.3 Å². The molecule has 0 heterocycles. The van der Waals surface area contributed by atoms with Gasteiger partial charge in [0, 0.05) is 7.11 Å². The topological polar surface area (TPSA) is 51.7 Å². The molecule has 2 nitrogen and oxygen atoms in total. The van der Waals surface area contributed by atoms with Crippen molar-refractivity contribution in [3.05, 3.63) is 0 Å². The Kier molecular flexibility index (Phi) is 159. The van der Waals surface area contributed by atoms with Crippen LogP contribution >= 0.6 is 0 Å². The number of hydrogen-bond acceptors (Lipinski definition) is 1. The van der Waals surface area contributed by atoms with Crippen LogP contribution in [0.15, 0.2) is 0 Å². The first kappa shape index (κ1) is 25.7. The summed E-state index contributed by atoms with van der Waals surface area (Å²) in [5.41, 5.74) is 0. The molecule has 0 radical (unpaired) electrons. The van der Waals surface area contributed by atoms with Crippen LogP contribution in [0.2, 0.25) is 0 Å². The van der Waals surface area contributed by atoms with E-state index in [1.165, 1.54) is 0 Å². The average molecular weight is 114 g/mol. The van der Waals surface area contributed by atoms with Gasteiger partial charge in [0.25, 0.3) is 0 Å². The van der Waals surface area contributed by atoms with Gasteiger partial charge in [0.2, 0.25) is 0 Å². The molecule has 0 aromatic carbocycles. The molecule has 0 unspecified atom stereocenters. The van der Waals surface area contributed by atoms with E-state index >= 15 is 0 Å². The van der Waals surface area contributed by atoms with E-state index in [9.17, 15) is 0 Å². The third-order valence-electron chi connectivity index (χ3n) is 0. The fourth-order valence-corrected chi connectivity index (χ4v) is 0. The van der Waals surface area contributed by atoms with E-state index in [-0.39, 0.29) is 89.3 Å². The van der Waals surface area contributed by atoms with Crippen LogP contribution < -0.4 is 80.9 Å². The molecule has 0 aliphatic rings. The van der Waals surface area contributed by atoms with Gasteiger partial charge < -0.3 is 13.4 Å². The van der Waals surface area contributed by atoms with Gasteiger partial charge in [-0.15, -0.1) is 0 Å². The Morgan fingerprint density at radius 2 is 1.40 bits per heavy atom. The first-order valence-electron chi connectivity index (χ1n) is 0.447. The van der Waals surface area contributed by atoms with E-state index in [2.05, 4.69) is 0 Å². The molecule has 26 valence electrons. The molecule has 3 N–H and O–H groups in total. The first-order chi connectivity index (χ1) is 1.00. The Bertz CT molecular complexity index is 15.7. The summed E-state index contributed by atoms with van der Waals surface area (Å²) in [4.78, 5) is 0. The van der Waals surface area contributed by atoms with Gasteiger partial charge in [-0.25, -0.2) is 0 Å². The van der Waals surface area contributed by atoms with Gasteiger partial charge in [-0.2, -0.15) is 0 Å². The predicted octanol–water partition coefficient (Wildman–Crippen LogP) is -6.98. The zero-order chi connectivity index (χ0) is 2.00. The maximum atomic E-state index is 7.00. The summed E-state index contributed by atoms with van der Waals surface area (Å²) >= 11 is 0. The van der Waals surface area contributed by atoms with Crippen molar-refractivity contribution in [3.8, 4) is 0 Å². The second-order valence-corrected chi connectivity index (χ2v) is 0. The molecule has 0 atom stereocenters. The SMILES string of the molecule is CO.O.[H-].[H-].[K+].[Na+]. The molecule has 0 bridgehead atoms. The normalized spacial score (nSPS) is 1.20. The molecule has 0 aliphatic heterocycles. The number of aliphatic hydroxyl groups is 1. The molecular formula is CH8KNaO2. The fourth-order valence-electron chi connectivity index (χ4n) is 0. The molecule has 0 rings (SSSR count). The molecule has 0 aromatic rings. The van der Waals surface area contributed by atoms with Crippen LogP contribution in [-0.2, 0) is 0 Å². The average Bonchev–Trinajstić information content (AvgIpc) is 1.00. The van der Waals surface area contributed by atoms with Crippen molar-refractivity contribution in [1.29, 1.82) is 0 Å². The van der Waals surface area contributed by atoms with Gasteiger partial charge >= 0.3 is 80.9 Å². The third-order valence-corrected chi connectivity index (χ3v) is 0. The minimum Gasteiger partial charge on any atom is -1.00 e. The molecule has 0 aromatic heterocycles. The molecule has 5 heavy (non-hydrogen) atoms. The van der Waals surface area contributed by atoms with Crippen molar-refractivity contribution in [3.63, 3.8) is 0 Å². The molecule has 4 heteroatoms.